The van der Waals surface area contributed by atoms with E-state index in [1.54, 1.807) is 13.8 Å². The van der Waals surface area contributed by atoms with Crippen LogP contribution in [0.1, 0.15) is 13.8 Å². The zero-order chi connectivity index (χ0) is 17.3. The van der Waals surface area contributed by atoms with Crippen LogP contribution in [0, 0.1) is 11.8 Å². The zero-order valence-corrected chi connectivity index (χ0v) is 14.3. The van der Waals surface area contributed by atoms with Gasteiger partial charge in [0, 0.05) is 6.00 Å². The van der Waals surface area contributed by atoms with Crippen molar-refractivity contribution in [3.63, 3.8) is 0 Å². The summed E-state index contributed by atoms with van der Waals surface area (Å²) >= 11 is 0. The minimum atomic E-state index is -5.50. The Morgan fingerprint density at radius 1 is 1.00 bits per heavy atom. The van der Waals surface area contributed by atoms with Crippen LogP contribution in [0.4, 0.5) is 0 Å². The van der Waals surface area contributed by atoms with Gasteiger partial charge in [0.05, 0.1) is 12.7 Å². The van der Waals surface area contributed by atoms with Crippen molar-refractivity contribution in [2.75, 3.05) is 6.61 Å². The van der Waals surface area contributed by atoms with Gasteiger partial charge in [0.25, 0.3) is 0 Å². The van der Waals surface area contributed by atoms with Crippen molar-refractivity contribution in [1.82, 2.24) is 0 Å². The van der Waals surface area contributed by atoms with Crippen LogP contribution in [0.2, 0.25) is 0 Å². The Morgan fingerprint density at radius 2 is 1.55 bits per heavy atom. The van der Waals surface area contributed by atoms with E-state index in [0.29, 0.717) is 0 Å². The first kappa shape index (κ1) is 20.5. The van der Waals surface area contributed by atoms with Crippen LogP contribution in [-0.2, 0) is 31.6 Å². The lowest BCUT2D eigenvalue weighted by molar-refractivity contribution is 0.0265. The molecular weight excluding hydrogens is 364 g/mol. The van der Waals surface area contributed by atoms with E-state index in [1.807, 2.05) is 0 Å². The Morgan fingerprint density at radius 3 is 1.95 bits per heavy atom. The fourth-order valence-corrected chi connectivity index (χ4v) is 4.78. The molecule has 0 amide bonds. The SMILES string of the molecule is [B]C1OC(COP(=O)(O)OP(=O)(O)OP(=O)(O)O)[C@H](C)C1C. The van der Waals surface area contributed by atoms with Crippen LogP contribution < -0.4 is 0 Å². The number of hydrogen-bond donors (Lipinski definition) is 4. The molecule has 0 aromatic carbocycles. The Labute approximate surface area is 127 Å². The standard InChI is InChI=1S/C7H16BO11P3/c1-4-5(2)7(8)17-6(4)3-16-21(12,13)19-22(14,15)18-20(9,10)11/h4-7H,3H2,1-2H3,(H,12,13)(H,14,15)(H2,9,10,11)/t4-,5?,6?,7?/m1/s1. The zero-order valence-electron chi connectivity index (χ0n) is 11.6. The van der Waals surface area contributed by atoms with Crippen molar-refractivity contribution in [3.8, 4) is 0 Å². The first-order valence-electron chi connectivity index (χ1n) is 5.92. The van der Waals surface area contributed by atoms with Crippen LogP contribution >= 0.6 is 23.5 Å². The molecule has 0 aromatic rings. The summed E-state index contributed by atoms with van der Waals surface area (Å²) < 4.78 is 50.0. The van der Waals surface area contributed by atoms with Gasteiger partial charge in [-0.1, -0.05) is 13.8 Å². The number of phosphoric ester groups is 1. The van der Waals surface area contributed by atoms with E-state index in [2.05, 4.69) is 13.1 Å². The Hall–Kier alpha value is 0.435. The molecule has 15 heteroatoms. The van der Waals surface area contributed by atoms with Gasteiger partial charge in [-0.05, 0) is 11.8 Å². The minimum Gasteiger partial charge on any atom is -0.382 e. The van der Waals surface area contributed by atoms with E-state index >= 15 is 0 Å². The average molecular weight is 380 g/mol. The highest BCUT2D eigenvalue weighted by molar-refractivity contribution is 7.66. The Kier molecular flexibility index (Phi) is 6.64. The van der Waals surface area contributed by atoms with Crippen molar-refractivity contribution >= 4 is 31.3 Å². The first-order chi connectivity index (χ1) is 9.72. The molecule has 2 radical (unpaired) electrons. The van der Waals surface area contributed by atoms with Gasteiger partial charge >= 0.3 is 23.5 Å². The normalized spacial score (nSPS) is 35.0. The maximum atomic E-state index is 11.5. The molecule has 1 fully saturated rings. The highest BCUT2D eigenvalue weighted by Gasteiger charge is 2.42. The molecule has 22 heavy (non-hydrogen) atoms. The van der Waals surface area contributed by atoms with Gasteiger partial charge in [-0.25, -0.2) is 13.7 Å². The maximum absolute atomic E-state index is 11.5. The quantitative estimate of drug-likeness (QED) is 0.358. The van der Waals surface area contributed by atoms with Crippen LogP contribution in [0.25, 0.3) is 0 Å². The molecule has 1 aliphatic heterocycles. The highest BCUT2D eigenvalue weighted by atomic mass is 31.3. The highest BCUT2D eigenvalue weighted by Crippen LogP contribution is 2.66. The number of phosphoric acid groups is 3. The fraction of sp³-hybridized carbons (Fsp3) is 1.00. The Balaban J connectivity index is 2.60. The van der Waals surface area contributed by atoms with E-state index in [-0.39, 0.29) is 11.8 Å². The second kappa shape index (κ2) is 7.13. The van der Waals surface area contributed by atoms with E-state index in [9.17, 15) is 18.6 Å². The predicted octanol–water partition coefficient (Wildman–Crippen LogP) is 0.495. The van der Waals surface area contributed by atoms with Gasteiger partial charge < -0.3 is 24.3 Å². The van der Waals surface area contributed by atoms with E-state index in [0.717, 1.165) is 0 Å². The summed E-state index contributed by atoms with van der Waals surface area (Å²) in [5, 5.41) is 0. The predicted molar refractivity (Wildman–Crippen MR) is 72.6 cm³/mol. The monoisotopic (exact) mass is 380 g/mol. The summed E-state index contributed by atoms with van der Waals surface area (Å²) in [7, 11) is -10.4. The smallest absolute Gasteiger partial charge is 0.382 e. The van der Waals surface area contributed by atoms with E-state index in [1.165, 1.54) is 0 Å². The average Bonchev–Trinajstić information content (AvgIpc) is 2.49. The van der Waals surface area contributed by atoms with E-state index in [4.69, 9.17) is 27.3 Å². The molecule has 0 saturated carbocycles. The Bertz CT molecular complexity index is 534. The molecule has 5 unspecified atom stereocenters. The molecule has 6 atom stereocenters. The molecule has 0 aliphatic carbocycles. The van der Waals surface area contributed by atoms with Crippen LogP contribution in [0.15, 0.2) is 0 Å². The number of rotatable bonds is 7. The third-order valence-corrected chi connectivity index (χ3v) is 6.89. The number of ether oxygens (including phenoxy) is 1. The summed E-state index contributed by atoms with van der Waals surface area (Å²) in [6, 6.07) is -0.593. The second-order valence-corrected chi connectivity index (χ2v) is 9.16. The molecule has 1 saturated heterocycles. The van der Waals surface area contributed by atoms with E-state index < -0.39 is 42.2 Å². The molecule has 0 bridgehead atoms. The molecule has 128 valence electrons. The third kappa shape index (κ3) is 6.51. The third-order valence-electron chi connectivity index (χ3n) is 3.08. The van der Waals surface area contributed by atoms with Crippen molar-refractivity contribution < 1.29 is 51.2 Å². The molecule has 0 aromatic heterocycles. The summed E-state index contributed by atoms with van der Waals surface area (Å²) in [5.74, 6) is -0.170. The van der Waals surface area contributed by atoms with Crippen molar-refractivity contribution in [3.05, 3.63) is 0 Å². The lowest BCUT2D eigenvalue weighted by Crippen LogP contribution is -2.21. The lowest BCUT2D eigenvalue weighted by atomic mass is 9.82. The molecule has 4 N–H and O–H groups in total. The van der Waals surface area contributed by atoms with Crippen molar-refractivity contribution in [2.24, 2.45) is 11.8 Å². The fourth-order valence-electron chi connectivity index (χ4n) is 1.75. The van der Waals surface area contributed by atoms with Crippen LogP contribution in [-0.4, -0.2) is 46.1 Å². The van der Waals surface area contributed by atoms with Crippen LogP contribution in [0.3, 0.4) is 0 Å². The van der Waals surface area contributed by atoms with Gasteiger partial charge in [0.2, 0.25) is 0 Å². The summed E-state index contributed by atoms with van der Waals surface area (Å²) in [6.07, 6.45) is -0.658. The van der Waals surface area contributed by atoms with Gasteiger partial charge in [-0.15, -0.1) is 0 Å². The van der Waals surface area contributed by atoms with Crippen molar-refractivity contribution in [2.45, 2.75) is 26.0 Å². The van der Waals surface area contributed by atoms with Gasteiger partial charge in [-0.2, -0.15) is 8.62 Å². The summed E-state index contributed by atoms with van der Waals surface area (Å²) in [4.78, 5) is 35.0. The summed E-state index contributed by atoms with van der Waals surface area (Å²) in [5.41, 5.74) is 0. The molecular formula is C7H16BO11P3. The molecule has 0 spiro atoms. The first-order valence-corrected chi connectivity index (χ1v) is 10.4. The van der Waals surface area contributed by atoms with Crippen molar-refractivity contribution in [1.29, 1.82) is 0 Å². The lowest BCUT2D eigenvalue weighted by Gasteiger charge is -2.19. The van der Waals surface area contributed by atoms with Gasteiger partial charge in [0.1, 0.15) is 7.85 Å². The van der Waals surface area contributed by atoms with Crippen LogP contribution in [0.5, 0.6) is 0 Å². The maximum Gasteiger partial charge on any atom is 0.490 e. The summed E-state index contributed by atoms with van der Waals surface area (Å²) in [6.45, 7) is 3.09. The van der Waals surface area contributed by atoms with Gasteiger partial charge in [0.15, 0.2) is 0 Å². The topological polar surface area (TPSA) is 169 Å². The second-order valence-electron chi connectivity index (χ2n) is 4.74. The molecule has 11 nitrogen and oxygen atoms in total. The minimum absolute atomic E-state index is 0.0467. The number of hydrogen-bond acceptors (Lipinski definition) is 7. The molecule has 1 rings (SSSR count). The van der Waals surface area contributed by atoms with Gasteiger partial charge in [-0.3, -0.25) is 4.52 Å². The molecule has 1 aliphatic rings. The largest absolute Gasteiger partial charge is 0.490 e. The molecule has 1 heterocycles.